The summed E-state index contributed by atoms with van der Waals surface area (Å²) >= 11 is 0. The molecule has 0 amide bonds. The molecule has 0 spiro atoms. The molecule has 1 aromatic carbocycles. The molecule has 1 aromatic rings. The van der Waals surface area contributed by atoms with E-state index in [9.17, 15) is 0 Å². The van der Waals surface area contributed by atoms with E-state index in [0.717, 1.165) is 36.3 Å². The molecule has 0 saturated carbocycles. The molecule has 0 aliphatic carbocycles. The first-order chi connectivity index (χ1) is 8.74. The van der Waals surface area contributed by atoms with Crippen LogP contribution in [0.4, 0.5) is 0 Å². The normalized spacial score (nSPS) is 10.9. The number of ether oxygens (including phenoxy) is 2. The molecule has 0 atom stereocenters. The molecule has 0 aliphatic heterocycles. The molecular formula is C15H24O3. The minimum atomic E-state index is 0.0452. The molecule has 0 aromatic heterocycles. The Kier molecular flexibility index (Phi) is 6.76. The van der Waals surface area contributed by atoms with E-state index in [1.165, 1.54) is 0 Å². The van der Waals surface area contributed by atoms with Gasteiger partial charge in [-0.25, -0.2) is 0 Å². The Morgan fingerprint density at radius 3 is 2.50 bits per heavy atom. The molecule has 0 heterocycles. The van der Waals surface area contributed by atoms with Crippen molar-refractivity contribution in [2.45, 2.75) is 39.9 Å². The third-order valence-corrected chi connectivity index (χ3v) is 3.29. The zero-order valence-electron chi connectivity index (χ0n) is 11.6. The van der Waals surface area contributed by atoms with Crippen LogP contribution in [0, 0.1) is 5.92 Å². The van der Waals surface area contributed by atoms with E-state index in [0.29, 0.717) is 12.5 Å². The fraction of sp³-hybridized carbons (Fsp3) is 0.600. The third-order valence-electron chi connectivity index (χ3n) is 3.29. The van der Waals surface area contributed by atoms with Crippen LogP contribution >= 0.6 is 0 Å². The van der Waals surface area contributed by atoms with Gasteiger partial charge in [0, 0.05) is 12.2 Å². The van der Waals surface area contributed by atoms with Crippen LogP contribution < -0.4 is 4.74 Å². The average Bonchev–Trinajstić information content (AvgIpc) is 2.43. The number of benzene rings is 1. The number of hydrogen-bond acceptors (Lipinski definition) is 3. The minimum Gasteiger partial charge on any atom is -0.496 e. The van der Waals surface area contributed by atoms with E-state index >= 15 is 0 Å². The predicted octanol–water partition coefficient (Wildman–Crippen LogP) is 3.14. The smallest absolute Gasteiger partial charge is 0.124 e. The van der Waals surface area contributed by atoms with Crippen molar-refractivity contribution in [1.29, 1.82) is 0 Å². The van der Waals surface area contributed by atoms with Crippen molar-refractivity contribution < 1.29 is 14.6 Å². The topological polar surface area (TPSA) is 38.7 Å². The highest BCUT2D eigenvalue weighted by atomic mass is 16.5. The summed E-state index contributed by atoms with van der Waals surface area (Å²) < 4.78 is 11.0. The summed E-state index contributed by atoms with van der Waals surface area (Å²) in [7, 11) is 1.65. The summed E-state index contributed by atoms with van der Waals surface area (Å²) in [5.41, 5.74) is 1.88. The van der Waals surface area contributed by atoms with E-state index in [1.807, 2.05) is 18.2 Å². The lowest BCUT2D eigenvalue weighted by Crippen LogP contribution is -2.08. The second kappa shape index (κ2) is 8.11. The lowest BCUT2D eigenvalue weighted by atomic mass is 10.1. The zero-order valence-corrected chi connectivity index (χ0v) is 11.6. The molecule has 0 saturated heterocycles. The fourth-order valence-electron chi connectivity index (χ4n) is 1.90. The van der Waals surface area contributed by atoms with Gasteiger partial charge in [0.25, 0.3) is 0 Å². The zero-order chi connectivity index (χ0) is 13.4. The first-order valence-electron chi connectivity index (χ1n) is 6.59. The lowest BCUT2D eigenvalue weighted by Gasteiger charge is -2.14. The lowest BCUT2D eigenvalue weighted by molar-refractivity contribution is 0.0829. The van der Waals surface area contributed by atoms with Crippen LogP contribution in [0.2, 0.25) is 0 Å². The quantitative estimate of drug-likeness (QED) is 0.772. The minimum absolute atomic E-state index is 0.0452. The van der Waals surface area contributed by atoms with Gasteiger partial charge < -0.3 is 14.6 Å². The Bertz CT molecular complexity index is 346. The molecule has 18 heavy (non-hydrogen) atoms. The van der Waals surface area contributed by atoms with Crippen LogP contribution in [-0.2, 0) is 18.0 Å². The van der Waals surface area contributed by atoms with Gasteiger partial charge in [0.2, 0.25) is 0 Å². The van der Waals surface area contributed by atoms with Gasteiger partial charge >= 0.3 is 0 Å². The van der Waals surface area contributed by atoms with E-state index in [-0.39, 0.29) is 6.61 Å². The highest BCUT2D eigenvalue weighted by Gasteiger charge is 2.07. The molecule has 0 unspecified atom stereocenters. The van der Waals surface area contributed by atoms with Gasteiger partial charge in [-0.15, -0.1) is 0 Å². The highest BCUT2D eigenvalue weighted by molar-refractivity contribution is 5.36. The molecule has 0 aliphatic rings. The van der Waals surface area contributed by atoms with Gasteiger partial charge in [-0.2, -0.15) is 0 Å². The van der Waals surface area contributed by atoms with Crippen molar-refractivity contribution in [2.24, 2.45) is 5.92 Å². The largest absolute Gasteiger partial charge is 0.496 e. The second-order valence-electron chi connectivity index (χ2n) is 4.50. The van der Waals surface area contributed by atoms with Crippen molar-refractivity contribution in [1.82, 2.24) is 0 Å². The summed E-state index contributed by atoms with van der Waals surface area (Å²) in [5, 5.41) is 9.13. The van der Waals surface area contributed by atoms with Gasteiger partial charge in [0.05, 0.1) is 20.3 Å². The molecule has 0 fully saturated rings. The van der Waals surface area contributed by atoms with Crippen molar-refractivity contribution in [2.75, 3.05) is 13.7 Å². The molecular weight excluding hydrogens is 228 g/mol. The maximum Gasteiger partial charge on any atom is 0.124 e. The molecule has 102 valence electrons. The van der Waals surface area contributed by atoms with E-state index in [4.69, 9.17) is 14.6 Å². The fourth-order valence-corrected chi connectivity index (χ4v) is 1.90. The van der Waals surface area contributed by atoms with E-state index in [2.05, 4.69) is 13.8 Å². The Morgan fingerprint density at radius 1 is 1.22 bits per heavy atom. The molecule has 0 radical (unpaired) electrons. The molecule has 0 bridgehead atoms. The van der Waals surface area contributed by atoms with Crippen LogP contribution in [0.25, 0.3) is 0 Å². The van der Waals surface area contributed by atoms with Crippen LogP contribution in [0.3, 0.4) is 0 Å². The molecule has 1 N–H and O–H groups in total. The molecule has 3 nitrogen and oxygen atoms in total. The maximum atomic E-state index is 9.13. The monoisotopic (exact) mass is 252 g/mol. The van der Waals surface area contributed by atoms with Gasteiger partial charge in [0.15, 0.2) is 0 Å². The number of rotatable bonds is 8. The summed E-state index contributed by atoms with van der Waals surface area (Å²) in [6.45, 7) is 5.73. The van der Waals surface area contributed by atoms with Gasteiger partial charge in [0.1, 0.15) is 5.75 Å². The van der Waals surface area contributed by atoms with Gasteiger partial charge in [-0.3, -0.25) is 0 Å². The first kappa shape index (κ1) is 15.0. The van der Waals surface area contributed by atoms with Gasteiger partial charge in [-0.05, 0) is 23.6 Å². The third kappa shape index (κ3) is 4.31. The van der Waals surface area contributed by atoms with Crippen molar-refractivity contribution in [3.63, 3.8) is 0 Å². The van der Waals surface area contributed by atoms with E-state index < -0.39 is 0 Å². The standard InChI is InChI=1S/C15H24O3/c1-4-12(5-2)10-18-11-14-8-13(9-16)6-7-15(14)17-3/h6-8,12,16H,4-5,9-11H2,1-3H3. The number of methoxy groups -OCH3 is 1. The predicted molar refractivity (Wildman–Crippen MR) is 72.6 cm³/mol. The van der Waals surface area contributed by atoms with Gasteiger partial charge in [-0.1, -0.05) is 32.8 Å². The molecule has 3 heteroatoms. The molecule has 1 rings (SSSR count). The second-order valence-corrected chi connectivity index (χ2v) is 4.50. The van der Waals surface area contributed by atoms with Crippen LogP contribution in [0.15, 0.2) is 18.2 Å². The Labute approximate surface area is 110 Å². The van der Waals surface area contributed by atoms with Crippen LogP contribution in [-0.4, -0.2) is 18.8 Å². The summed E-state index contributed by atoms with van der Waals surface area (Å²) in [5.74, 6) is 1.44. The Hall–Kier alpha value is -1.06. The van der Waals surface area contributed by atoms with E-state index in [1.54, 1.807) is 7.11 Å². The average molecular weight is 252 g/mol. The van der Waals surface area contributed by atoms with Crippen molar-refractivity contribution >= 4 is 0 Å². The summed E-state index contributed by atoms with van der Waals surface area (Å²) in [6, 6.07) is 5.68. The van der Waals surface area contributed by atoms with Crippen molar-refractivity contribution in [3.05, 3.63) is 29.3 Å². The number of aliphatic hydroxyl groups is 1. The summed E-state index contributed by atoms with van der Waals surface area (Å²) in [6.07, 6.45) is 2.29. The Morgan fingerprint density at radius 2 is 1.94 bits per heavy atom. The summed E-state index contributed by atoms with van der Waals surface area (Å²) in [4.78, 5) is 0. The number of hydrogen-bond donors (Lipinski definition) is 1. The van der Waals surface area contributed by atoms with Crippen LogP contribution in [0.1, 0.15) is 37.8 Å². The van der Waals surface area contributed by atoms with Crippen LogP contribution in [0.5, 0.6) is 5.75 Å². The Balaban J connectivity index is 2.59. The SMILES string of the molecule is CCC(CC)COCc1cc(CO)ccc1OC. The number of aliphatic hydroxyl groups excluding tert-OH is 1. The first-order valence-corrected chi connectivity index (χ1v) is 6.59. The van der Waals surface area contributed by atoms with Crippen molar-refractivity contribution in [3.8, 4) is 5.75 Å². The maximum absolute atomic E-state index is 9.13. The highest BCUT2D eigenvalue weighted by Crippen LogP contribution is 2.21.